The van der Waals surface area contributed by atoms with E-state index in [9.17, 15) is 4.79 Å². The number of carbonyl (C=O) groups is 1. The van der Waals surface area contributed by atoms with Gasteiger partial charge in [0.1, 0.15) is 10.5 Å². The minimum absolute atomic E-state index is 0.116. The van der Waals surface area contributed by atoms with E-state index in [1.54, 1.807) is 18.3 Å². The van der Waals surface area contributed by atoms with Crippen LogP contribution in [0.25, 0.3) is 0 Å². The molecule has 0 saturated carbocycles. The van der Waals surface area contributed by atoms with E-state index in [1.165, 1.54) is 6.92 Å². The predicted octanol–water partition coefficient (Wildman–Crippen LogP) is 1.59. The molecule has 23 heavy (non-hydrogen) atoms. The molecule has 1 saturated heterocycles. The van der Waals surface area contributed by atoms with E-state index in [1.807, 2.05) is 0 Å². The molecule has 0 aliphatic carbocycles. The molecule has 2 aromatic heterocycles. The quantitative estimate of drug-likeness (QED) is 0.905. The van der Waals surface area contributed by atoms with Crippen molar-refractivity contribution in [2.24, 2.45) is 0 Å². The summed E-state index contributed by atoms with van der Waals surface area (Å²) >= 11 is 1.59. The van der Waals surface area contributed by atoms with Gasteiger partial charge in [-0.1, -0.05) is 30.3 Å². The van der Waals surface area contributed by atoms with E-state index in [4.69, 9.17) is 4.52 Å². The van der Waals surface area contributed by atoms with Crippen molar-refractivity contribution in [3.63, 3.8) is 0 Å². The minimum atomic E-state index is -0.646. The van der Waals surface area contributed by atoms with Crippen molar-refractivity contribution in [2.75, 3.05) is 18.0 Å². The fourth-order valence-corrected chi connectivity index (χ4v) is 3.60. The molecule has 0 bridgehead atoms. The summed E-state index contributed by atoms with van der Waals surface area (Å²) in [5.74, 6) is 1.24. The van der Waals surface area contributed by atoms with Gasteiger partial charge in [0.25, 0.3) is 0 Å². The van der Waals surface area contributed by atoms with Crippen LogP contribution in [-0.2, 0) is 10.3 Å². The number of hydrogen-bond donors (Lipinski definition) is 1. The average molecular weight is 336 g/mol. The molecule has 2 aromatic rings. The first-order valence-corrected chi connectivity index (χ1v) is 8.39. The molecular formula is C14H20N6O2S. The van der Waals surface area contributed by atoms with Gasteiger partial charge in [-0.25, -0.2) is 0 Å². The lowest BCUT2D eigenvalue weighted by atomic mass is 9.97. The molecule has 0 aromatic carbocycles. The molecule has 0 unspecified atom stereocenters. The molecule has 1 atom stereocenters. The molecule has 3 heterocycles. The van der Waals surface area contributed by atoms with Gasteiger partial charge in [-0.3, -0.25) is 4.79 Å². The number of anilines is 1. The zero-order chi connectivity index (χ0) is 16.6. The molecule has 1 amide bonds. The number of amides is 1. The Morgan fingerprint density at radius 1 is 1.43 bits per heavy atom. The first kappa shape index (κ1) is 15.9. The van der Waals surface area contributed by atoms with Crippen molar-refractivity contribution in [1.29, 1.82) is 0 Å². The van der Waals surface area contributed by atoms with Crippen LogP contribution in [0.2, 0.25) is 0 Å². The molecule has 8 nitrogen and oxygen atoms in total. The molecule has 3 rings (SSSR count). The second-order valence-electron chi connectivity index (χ2n) is 6.15. The summed E-state index contributed by atoms with van der Waals surface area (Å²) in [7, 11) is 0. The third-order valence-corrected chi connectivity index (χ3v) is 5.12. The normalized spacial score (nSPS) is 21.2. The van der Waals surface area contributed by atoms with Crippen LogP contribution in [0.3, 0.4) is 0 Å². The Hall–Kier alpha value is -2.03. The van der Waals surface area contributed by atoms with E-state index in [-0.39, 0.29) is 5.91 Å². The van der Waals surface area contributed by atoms with Crippen molar-refractivity contribution < 1.29 is 9.32 Å². The molecular weight excluding hydrogens is 316 g/mol. The fourth-order valence-electron chi connectivity index (χ4n) is 2.73. The molecule has 1 aliphatic heterocycles. The zero-order valence-corrected chi connectivity index (χ0v) is 14.5. The van der Waals surface area contributed by atoms with Crippen molar-refractivity contribution in [2.45, 2.75) is 45.6 Å². The van der Waals surface area contributed by atoms with Gasteiger partial charge in [0.2, 0.25) is 16.9 Å². The maximum atomic E-state index is 11.7. The first-order valence-electron chi connectivity index (χ1n) is 7.57. The number of nitrogens with zero attached hydrogens (tertiary/aromatic N) is 5. The Balaban J connectivity index is 1.87. The van der Waals surface area contributed by atoms with Gasteiger partial charge in [-0.15, -0.1) is 10.2 Å². The fraction of sp³-hybridized carbons (Fsp3) is 0.643. The highest BCUT2D eigenvalue weighted by molar-refractivity contribution is 7.15. The smallest absolute Gasteiger partial charge is 0.223 e. The zero-order valence-electron chi connectivity index (χ0n) is 13.7. The molecule has 1 N–H and O–H groups in total. The number of carbonyl (C=O) groups excluding carboxylic acids is 1. The van der Waals surface area contributed by atoms with Gasteiger partial charge < -0.3 is 14.7 Å². The maximum Gasteiger partial charge on any atom is 0.223 e. The summed E-state index contributed by atoms with van der Waals surface area (Å²) in [5.41, 5.74) is -0.646. The number of nitrogens with one attached hydrogen (secondary N) is 1. The SMILES string of the molecule is CC(=O)N[C@@]1(c2noc(C)n2)CCN(c2nnc(C(C)C)s2)C1. The van der Waals surface area contributed by atoms with E-state index in [2.05, 4.69) is 44.4 Å². The molecule has 9 heteroatoms. The van der Waals surface area contributed by atoms with Gasteiger partial charge in [0.05, 0.1) is 6.54 Å². The Labute approximate surface area is 138 Å². The predicted molar refractivity (Wildman–Crippen MR) is 85.4 cm³/mol. The Morgan fingerprint density at radius 3 is 2.78 bits per heavy atom. The third-order valence-electron chi connectivity index (χ3n) is 3.83. The monoisotopic (exact) mass is 336 g/mol. The van der Waals surface area contributed by atoms with Gasteiger partial charge in [-0.05, 0) is 6.42 Å². The van der Waals surface area contributed by atoms with Crippen molar-refractivity contribution >= 4 is 22.4 Å². The van der Waals surface area contributed by atoms with Crippen molar-refractivity contribution in [3.8, 4) is 0 Å². The number of rotatable bonds is 4. The Morgan fingerprint density at radius 2 is 2.22 bits per heavy atom. The van der Waals surface area contributed by atoms with Crippen LogP contribution < -0.4 is 10.2 Å². The number of aryl methyl sites for hydroxylation is 1. The lowest BCUT2D eigenvalue weighted by Gasteiger charge is -2.26. The van der Waals surface area contributed by atoms with Crippen LogP contribution >= 0.6 is 11.3 Å². The van der Waals surface area contributed by atoms with Crippen LogP contribution in [0.15, 0.2) is 4.52 Å². The van der Waals surface area contributed by atoms with E-state index < -0.39 is 5.54 Å². The Bertz CT molecular complexity index is 712. The lowest BCUT2D eigenvalue weighted by Crippen LogP contribution is -2.48. The first-order chi connectivity index (χ1) is 10.9. The van der Waals surface area contributed by atoms with Crippen LogP contribution in [0.4, 0.5) is 5.13 Å². The summed E-state index contributed by atoms with van der Waals surface area (Å²) < 4.78 is 5.10. The summed E-state index contributed by atoms with van der Waals surface area (Å²) in [4.78, 5) is 18.1. The number of aromatic nitrogens is 4. The molecule has 1 fully saturated rings. The van der Waals surface area contributed by atoms with Crippen LogP contribution in [-0.4, -0.2) is 39.3 Å². The summed E-state index contributed by atoms with van der Waals surface area (Å²) in [6, 6.07) is 0. The van der Waals surface area contributed by atoms with E-state index >= 15 is 0 Å². The van der Waals surface area contributed by atoms with E-state index in [0.717, 1.165) is 16.7 Å². The van der Waals surface area contributed by atoms with E-state index in [0.29, 0.717) is 30.6 Å². The molecule has 124 valence electrons. The highest BCUT2D eigenvalue weighted by Gasteiger charge is 2.45. The molecule has 0 radical (unpaired) electrons. The highest BCUT2D eigenvalue weighted by atomic mass is 32.1. The minimum Gasteiger partial charge on any atom is -0.344 e. The summed E-state index contributed by atoms with van der Waals surface area (Å²) in [6.45, 7) is 8.73. The van der Waals surface area contributed by atoms with Crippen LogP contribution in [0.1, 0.15) is 49.8 Å². The lowest BCUT2D eigenvalue weighted by molar-refractivity contribution is -0.120. The van der Waals surface area contributed by atoms with Gasteiger partial charge in [0.15, 0.2) is 5.82 Å². The second-order valence-corrected chi connectivity index (χ2v) is 7.14. The van der Waals surface area contributed by atoms with Gasteiger partial charge in [-0.2, -0.15) is 4.98 Å². The topological polar surface area (TPSA) is 97.0 Å². The Kier molecular flexibility index (Phi) is 4.05. The van der Waals surface area contributed by atoms with Gasteiger partial charge >= 0.3 is 0 Å². The standard InChI is InChI=1S/C14H20N6O2S/c1-8(2)11-17-18-13(23-11)20-6-5-14(7-20,16-9(3)21)12-15-10(4)22-19-12/h8H,5-7H2,1-4H3,(H,16,21)/t14-/m0/s1. The summed E-state index contributed by atoms with van der Waals surface area (Å²) in [6.07, 6.45) is 0.697. The largest absolute Gasteiger partial charge is 0.344 e. The van der Waals surface area contributed by atoms with Gasteiger partial charge in [0, 0.05) is 26.3 Å². The summed E-state index contributed by atoms with van der Waals surface area (Å²) in [5, 5.41) is 17.4. The maximum absolute atomic E-state index is 11.7. The van der Waals surface area contributed by atoms with Crippen molar-refractivity contribution in [1.82, 2.24) is 25.7 Å². The highest BCUT2D eigenvalue weighted by Crippen LogP contribution is 2.35. The molecule has 1 aliphatic rings. The second kappa shape index (κ2) is 5.88. The van der Waals surface area contributed by atoms with Crippen LogP contribution in [0.5, 0.6) is 0 Å². The average Bonchev–Trinajstić information content (AvgIpc) is 3.16. The van der Waals surface area contributed by atoms with Crippen LogP contribution in [0, 0.1) is 6.92 Å². The number of hydrogen-bond acceptors (Lipinski definition) is 8. The third kappa shape index (κ3) is 3.05. The molecule has 0 spiro atoms. The van der Waals surface area contributed by atoms with Crippen molar-refractivity contribution in [3.05, 3.63) is 16.7 Å².